The van der Waals surface area contributed by atoms with Crippen molar-refractivity contribution in [2.75, 3.05) is 7.11 Å². The molecule has 1 heterocycles. The molecule has 0 aliphatic heterocycles. The van der Waals surface area contributed by atoms with Crippen molar-refractivity contribution >= 4 is 11.9 Å². The zero-order chi connectivity index (χ0) is 13.0. The van der Waals surface area contributed by atoms with Gasteiger partial charge in [0.05, 0.1) is 18.9 Å². The van der Waals surface area contributed by atoms with Crippen LogP contribution >= 0.6 is 0 Å². The van der Waals surface area contributed by atoms with E-state index in [0.717, 1.165) is 11.3 Å². The van der Waals surface area contributed by atoms with Crippen LogP contribution < -0.4 is 4.74 Å². The third kappa shape index (κ3) is 2.85. The number of hydrogen-bond acceptors (Lipinski definition) is 3. The standard InChI is InChI=1S/C14H14N2O2/c1-16-10-12(9-15-16)14(17)7-6-11-4-3-5-13(8-11)18-2/h3-10H,1-2H3/b7-6+. The third-order valence-electron chi connectivity index (χ3n) is 2.51. The van der Waals surface area contributed by atoms with Crippen molar-refractivity contribution in [2.45, 2.75) is 0 Å². The highest BCUT2D eigenvalue weighted by atomic mass is 16.5. The van der Waals surface area contributed by atoms with Crippen LogP contribution in [0.25, 0.3) is 6.08 Å². The minimum Gasteiger partial charge on any atom is -0.497 e. The van der Waals surface area contributed by atoms with Gasteiger partial charge < -0.3 is 4.74 Å². The van der Waals surface area contributed by atoms with Gasteiger partial charge in [0.15, 0.2) is 5.78 Å². The minimum atomic E-state index is -0.0640. The Kier molecular flexibility index (Phi) is 3.57. The molecule has 1 aromatic carbocycles. The van der Waals surface area contributed by atoms with E-state index in [2.05, 4.69) is 5.10 Å². The summed E-state index contributed by atoms with van der Waals surface area (Å²) in [6.07, 6.45) is 6.54. The smallest absolute Gasteiger partial charge is 0.189 e. The van der Waals surface area contributed by atoms with Gasteiger partial charge in [0, 0.05) is 13.2 Å². The van der Waals surface area contributed by atoms with Crippen LogP contribution in [0.4, 0.5) is 0 Å². The molecule has 92 valence electrons. The number of ketones is 1. The predicted octanol–water partition coefficient (Wildman–Crippen LogP) is 2.32. The highest BCUT2D eigenvalue weighted by molar-refractivity contribution is 6.06. The van der Waals surface area contributed by atoms with Gasteiger partial charge in [-0.05, 0) is 23.8 Å². The number of rotatable bonds is 4. The van der Waals surface area contributed by atoms with E-state index in [1.54, 1.807) is 37.3 Å². The van der Waals surface area contributed by atoms with E-state index in [1.807, 2.05) is 24.3 Å². The Morgan fingerprint density at radius 1 is 1.44 bits per heavy atom. The fourth-order valence-electron chi connectivity index (χ4n) is 1.56. The topological polar surface area (TPSA) is 44.1 Å². The van der Waals surface area contributed by atoms with Crippen molar-refractivity contribution in [2.24, 2.45) is 7.05 Å². The number of carbonyl (C=O) groups excluding carboxylic acids is 1. The Hall–Kier alpha value is -2.36. The van der Waals surface area contributed by atoms with Crippen LogP contribution in [0.2, 0.25) is 0 Å². The summed E-state index contributed by atoms with van der Waals surface area (Å²) in [5.41, 5.74) is 1.50. The fraction of sp³-hybridized carbons (Fsp3) is 0.143. The largest absolute Gasteiger partial charge is 0.497 e. The first-order valence-electron chi connectivity index (χ1n) is 5.54. The summed E-state index contributed by atoms with van der Waals surface area (Å²) in [6.45, 7) is 0. The second-order valence-electron chi connectivity index (χ2n) is 3.88. The predicted molar refractivity (Wildman–Crippen MR) is 69.6 cm³/mol. The monoisotopic (exact) mass is 242 g/mol. The molecule has 0 bridgehead atoms. The first-order chi connectivity index (χ1) is 8.69. The molecular formula is C14H14N2O2. The van der Waals surface area contributed by atoms with Gasteiger partial charge in [-0.3, -0.25) is 9.48 Å². The summed E-state index contributed by atoms with van der Waals surface area (Å²) in [6, 6.07) is 7.52. The Bertz CT molecular complexity index is 585. The number of allylic oxidation sites excluding steroid dienone is 1. The molecule has 0 radical (unpaired) electrons. The lowest BCUT2D eigenvalue weighted by atomic mass is 10.1. The summed E-state index contributed by atoms with van der Waals surface area (Å²) in [5.74, 6) is 0.705. The number of aryl methyl sites for hydroxylation is 1. The zero-order valence-corrected chi connectivity index (χ0v) is 10.3. The van der Waals surface area contributed by atoms with E-state index >= 15 is 0 Å². The molecule has 0 saturated heterocycles. The lowest BCUT2D eigenvalue weighted by Crippen LogP contribution is -1.92. The van der Waals surface area contributed by atoms with Gasteiger partial charge >= 0.3 is 0 Å². The molecule has 0 saturated carbocycles. The highest BCUT2D eigenvalue weighted by Crippen LogP contribution is 2.14. The number of hydrogen-bond donors (Lipinski definition) is 0. The van der Waals surface area contributed by atoms with Crippen LogP contribution in [0.15, 0.2) is 42.7 Å². The second kappa shape index (κ2) is 5.31. The highest BCUT2D eigenvalue weighted by Gasteiger charge is 2.03. The molecule has 2 rings (SSSR count). The number of aromatic nitrogens is 2. The molecule has 0 fully saturated rings. The summed E-state index contributed by atoms with van der Waals surface area (Å²) in [5, 5.41) is 3.96. The van der Waals surface area contributed by atoms with Crippen molar-refractivity contribution in [1.29, 1.82) is 0 Å². The van der Waals surface area contributed by atoms with Crippen molar-refractivity contribution in [3.05, 3.63) is 53.9 Å². The molecule has 0 spiro atoms. The summed E-state index contributed by atoms with van der Waals surface area (Å²) >= 11 is 0. The fourth-order valence-corrected chi connectivity index (χ4v) is 1.56. The molecule has 0 unspecified atom stereocenters. The normalized spacial score (nSPS) is 10.8. The maximum atomic E-state index is 11.8. The molecule has 0 aliphatic rings. The van der Waals surface area contributed by atoms with E-state index in [-0.39, 0.29) is 5.78 Å². The zero-order valence-electron chi connectivity index (χ0n) is 10.3. The number of nitrogens with zero attached hydrogens (tertiary/aromatic N) is 2. The van der Waals surface area contributed by atoms with Crippen molar-refractivity contribution in [3.8, 4) is 5.75 Å². The van der Waals surface area contributed by atoms with Crippen LogP contribution in [-0.4, -0.2) is 22.7 Å². The van der Waals surface area contributed by atoms with Crippen molar-refractivity contribution < 1.29 is 9.53 Å². The SMILES string of the molecule is COc1cccc(/C=C/C(=O)c2cnn(C)c2)c1. The average molecular weight is 242 g/mol. The van der Waals surface area contributed by atoms with E-state index in [4.69, 9.17) is 4.74 Å². The van der Waals surface area contributed by atoms with Gasteiger partial charge in [-0.1, -0.05) is 18.2 Å². The number of methoxy groups -OCH3 is 1. The van der Waals surface area contributed by atoms with Gasteiger partial charge in [-0.2, -0.15) is 5.10 Å². The van der Waals surface area contributed by atoms with E-state index < -0.39 is 0 Å². The van der Waals surface area contributed by atoms with Crippen LogP contribution in [0.5, 0.6) is 5.75 Å². The molecule has 18 heavy (non-hydrogen) atoms. The molecule has 0 N–H and O–H groups in total. The van der Waals surface area contributed by atoms with Gasteiger partial charge in [0.25, 0.3) is 0 Å². The Morgan fingerprint density at radius 3 is 2.94 bits per heavy atom. The molecular weight excluding hydrogens is 228 g/mol. The molecule has 0 amide bonds. The Balaban J connectivity index is 2.12. The molecule has 4 nitrogen and oxygen atoms in total. The lowest BCUT2D eigenvalue weighted by Gasteiger charge is -1.99. The first-order valence-corrected chi connectivity index (χ1v) is 5.54. The number of ether oxygens (including phenoxy) is 1. The van der Waals surface area contributed by atoms with Crippen LogP contribution in [0, 0.1) is 0 Å². The molecule has 2 aromatic rings. The van der Waals surface area contributed by atoms with Crippen LogP contribution in [0.1, 0.15) is 15.9 Å². The molecule has 1 aromatic heterocycles. The van der Waals surface area contributed by atoms with Crippen LogP contribution in [0.3, 0.4) is 0 Å². The number of carbonyl (C=O) groups is 1. The van der Waals surface area contributed by atoms with Gasteiger partial charge in [0.1, 0.15) is 5.75 Å². The molecule has 4 heteroatoms. The quantitative estimate of drug-likeness (QED) is 0.610. The molecule has 0 atom stereocenters. The Morgan fingerprint density at radius 2 is 2.28 bits per heavy atom. The maximum absolute atomic E-state index is 11.8. The minimum absolute atomic E-state index is 0.0640. The maximum Gasteiger partial charge on any atom is 0.189 e. The summed E-state index contributed by atoms with van der Waals surface area (Å²) < 4.78 is 6.72. The third-order valence-corrected chi connectivity index (χ3v) is 2.51. The van der Waals surface area contributed by atoms with Gasteiger partial charge in [-0.25, -0.2) is 0 Å². The van der Waals surface area contributed by atoms with Crippen LogP contribution in [-0.2, 0) is 7.05 Å². The van der Waals surface area contributed by atoms with E-state index in [0.29, 0.717) is 5.56 Å². The number of benzene rings is 1. The van der Waals surface area contributed by atoms with E-state index in [1.165, 1.54) is 6.08 Å². The first kappa shape index (κ1) is 12.1. The van der Waals surface area contributed by atoms with Gasteiger partial charge in [-0.15, -0.1) is 0 Å². The molecule has 0 aliphatic carbocycles. The van der Waals surface area contributed by atoms with Gasteiger partial charge in [0.2, 0.25) is 0 Å². The lowest BCUT2D eigenvalue weighted by molar-refractivity contribution is 0.104. The second-order valence-corrected chi connectivity index (χ2v) is 3.88. The van der Waals surface area contributed by atoms with Crippen molar-refractivity contribution in [3.63, 3.8) is 0 Å². The van der Waals surface area contributed by atoms with Crippen molar-refractivity contribution in [1.82, 2.24) is 9.78 Å². The summed E-state index contributed by atoms with van der Waals surface area (Å²) in [4.78, 5) is 11.8. The van der Waals surface area contributed by atoms with E-state index in [9.17, 15) is 4.79 Å². The average Bonchev–Trinajstić information content (AvgIpc) is 2.83. The summed E-state index contributed by atoms with van der Waals surface area (Å²) in [7, 11) is 3.40. The Labute approximate surface area is 106 Å².